The van der Waals surface area contributed by atoms with E-state index in [0.29, 0.717) is 0 Å². The van der Waals surface area contributed by atoms with E-state index < -0.39 is 0 Å². The Morgan fingerprint density at radius 2 is 1.42 bits per heavy atom. The molecule has 0 bridgehead atoms. The second-order valence-corrected chi connectivity index (χ2v) is 4.88. The number of ether oxygens (including phenoxy) is 1. The van der Waals surface area contributed by atoms with E-state index in [2.05, 4.69) is 40.2 Å². The number of hydrogen-bond acceptors (Lipinski definition) is 1. The van der Waals surface area contributed by atoms with E-state index in [0.717, 1.165) is 22.2 Å². The summed E-state index contributed by atoms with van der Waals surface area (Å²) >= 11 is 3.53. The van der Waals surface area contributed by atoms with E-state index in [1.807, 2.05) is 42.5 Å². The molecule has 2 heteroatoms. The molecule has 0 aliphatic carbocycles. The molecule has 0 spiro atoms. The molecule has 0 atom stereocenters. The zero-order chi connectivity index (χ0) is 13.1. The first-order valence-electron chi connectivity index (χ1n) is 6.18. The van der Waals surface area contributed by atoms with E-state index in [1.165, 1.54) is 10.9 Å². The Hall–Kier alpha value is -1.80. The highest BCUT2D eigenvalue weighted by Crippen LogP contribution is 2.32. The highest BCUT2D eigenvalue weighted by molar-refractivity contribution is 9.08. The molecule has 1 nitrogen and oxygen atoms in total. The van der Waals surface area contributed by atoms with Gasteiger partial charge in [-0.1, -0.05) is 64.5 Å². The van der Waals surface area contributed by atoms with Gasteiger partial charge in [0.15, 0.2) is 0 Å². The molecular weight excluding hydrogens is 300 g/mol. The minimum Gasteiger partial charge on any atom is -0.457 e. The molecule has 0 saturated carbocycles. The SMILES string of the molecule is BrCc1ccc(Oc2ccccc2)c2ccccc12. The summed E-state index contributed by atoms with van der Waals surface area (Å²) in [5, 5.41) is 3.22. The van der Waals surface area contributed by atoms with Crippen molar-refractivity contribution >= 4 is 26.7 Å². The van der Waals surface area contributed by atoms with E-state index in [-0.39, 0.29) is 0 Å². The van der Waals surface area contributed by atoms with Crippen LogP contribution < -0.4 is 4.74 Å². The lowest BCUT2D eigenvalue weighted by Crippen LogP contribution is -1.88. The van der Waals surface area contributed by atoms with Crippen molar-refractivity contribution < 1.29 is 4.74 Å². The van der Waals surface area contributed by atoms with Gasteiger partial charge in [0, 0.05) is 10.7 Å². The van der Waals surface area contributed by atoms with Crippen LogP contribution in [0, 0.1) is 0 Å². The Kier molecular flexibility index (Phi) is 3.51. The van der Waals surface area contributed by atoms with Gasteiger partial charge in [0.2, 0.25) is 0 Å². The quantitative estimate of drug-likeness (QED) is 0.578. The summed E-state index contributed by atoms with van der Waals surface area (Å²) in [4.78, 5) is 0. The molecule has 0 radical (unpaired) electrons. The van der Waals surface area contributed by atoms with Crippen molar-refractivity contribution in [1.82, 2.24) is 0 Å². The van der Waals surface area contributed by atoms with Crippen LogP contribution in [0.2, 0.25) is 0 Å². The molecule has 94 valence electrons. The van der Waals surface area contributed by atoms with Crippen molar-refractivity contribution in [1.29, 1.82) is 0 Å². The van der Waals surface area contributed by atoms with Gasteiger partial charge < -0.3 is 4.74 Å². The van der Waals surface area contributed by atoms with Gasteiger partial charge in [0.1, 0.15) is 11.5 Å². The Labute approximate surface area is 121 Å². The summed E-state index contributed by atoms with van der Waals surface area (Å²) in [6.07, 6.45) is 0. The van der Waals surface area contributed by atoms with Crippen molar-refractivity contribution in [2.45, 2.75) is 5.33 Å². The van der Waals surface area contributed by atoms with Crippen LogP contribution in [0.4, 0.5) is 0 Å². The fourth-order valence-electron chi connectivity index (χ4n) is 2.15. The third-order valence-electron chi connectivity index (χ3n) is 3.09. The van der Waals surface area contributed by atoms with Gasteiger partial charge in [-0.3, -0.25) is 0 Å². The molecule has 0 N–H and O–H groups in total. The van der Waals surface area contributed by atoms with Gasteiger partial charge in [-0.25, -0.2) is 0 Å². The van der Waals surface area contributed by atoms with Crippen molar-refractivity contribution in [2.24, 2.45) is 0 Å². The van der Waals surface area contributed by atoms with Crippen LogP contribution >= 0.6 is 15.9 Å². The van der Waals surface area contributed by atoms with Crippen LogP contribution in [-0.2, 0) is 5.33 Å². The largest absolute Gasteiger partial charge is 0.457 e. The predicted octanol–water partition coefficient (Wildman–Crippen LogP) is 5.53. The highest BCUT2D eigenvalue weighted by Gasteiger charge is 2.06. The molecule has 0 heterocycles. The average Bonchev–Trinajstić information content (AvgIpc) is 2.49. The summed E-state index contributed by atoms with van der Waals surface area (Å²) in [7, 11) is 0. The molecule has 3 aromatic rings. The number of rotatable bonds is 3. The summed E-state index contributed by atoms with van der Waals surface area (Å²) in [6, 6.07) is 22.3. The fraction of sp³-hybridized carbons (Fsp3) is 0.0588. The molecular formula is C17H13BrO. The third-order valence-corrected chi connectivity index (χ3v) is 3.69. The van der Waals surface area contributed by atoms with E-state index in [1.54, 1.807) is 0 Å². The Bertz CT molecular complexity index is 692. The fourth-order valence-corrected chi connectivity index (χ4v) is 2.64. The van der Waals surface area contributed by atoms with Crippen molar-refractivity contribution in [3.8, 4) is 11.5 Å². The first-order valence-corrected chi connectivity index (χ1v) is 7.30. The number of alkyl halides is 1. The highest BCUT2D eigenvalue weighted by atomic mass is 79.9. The maximum absolute atomic E-state index is 5.98. The van der Waals surface area contributed by atoms with Crippen molar-refractivity contribution in [2.75, 3.05) is 0 Å². The van der Waals surface area contributed by atoms with Crippen molar-refractivity contribution in [3.05, 3.63) is 72.3 Å². The van der Waals surface area contributed by atoms with Gasteiger partial charge in [0.25, 0.3) is 0 Å². The van der Waals surface area contributed by atoms with Crippen LogP contribution in [0.15, 0.2) is 66.7 Å². The molecule has 3 aromatic carbocycles. The summed E-state index contributed by atoms with van der Waals surface area (Å²) in [6.45, 7) is 0. The van der Waals surface area contributed by atoms with E-state index in [4.69, 9.17) is 4.74 Å². The smallest absolute Gasteiger partial charge is 0.135 e. The van der Waals surface area contributed by atoms with Crippen LogP contribution in [0.5, 0.6) is 11.5 Å². The van der Waals surface area contributed by atoms with Gasteiger partial charge >= 0.3 is 0 Å². The molecule has 3 rings (SSSR count). The van der Waals surface area contributed by atoms with Gasteiger partial charge in [-0.2, -0.15) is 0 Å². The van der Waals surface area contributed by atoms with Gasteiger partial charge in [-0.05, 0) is 29.1 Å². The molecule has 0 aromatic heterocycles. The van der Waals surface area contributed by atoms with Crippen LogP contribution in [0.25, 0.3) is 10.8 Å². The van der Waals surface area contributed by atoms with Gasteiger partial charge in [-0.15, -0.1) is 0 Å². The maximum atomic E-state index is 5.98. The minimum atomic E-state index is 0.846. The monoisotopic (exact) mass is 312 g/mol. The van der Waals surface area contributed by atoms with E-state index >= 15 is 0 Å². The normalized spacial score (nSPS) is 10.6. The molecule has 0 amide bonds. The number of halogens is 1. The first kappa shape index (κ1) is 12.2. The molecule has 0 unspecified atom stereocenters. The predicted molar refractivity (Wildman–Crippen MR) is 83.1 cm³/mol. The lowest BCUT2D eigenvalue weighted by molar-refractivity contribution is 0.488. The Morgan fingerprint density at radius 1 is 0.737 bits per heavy atom. The Morgan fingerprint density at radius 3 is 2.16 bits per heavy atom. The molecule has 0 aliphatic heterocycles. The van der Waals surface area contributed by atoms with Crippen LogP contribution in [0.1, 0.15) is 5.56 Å². The first-order chi connectivity index (χ1) is 9.38. The Balaban J connectivity index is 2.10. The number of benzene rings is 3. The topological polar surface area (TPSA) is 9.23 Å². The molecule has 0 fully saturated rings. The van der Waals surface area contributed by atoms with E-state index in [9.17, 15) is 0 Å². The summed E-state index contributed by atoms with van der Waals surface area (Å²) in [5.74, 6) is 1.76. The zero-order valence-corrected chi connectivity index (χ0v) is 11.9. The number of para-hydroxylation sites is 1. The molecule has 0 saturated heterocycles. The summed E-state index contributed by atoms with van der Waals surface area (Å²) < 4.78 is 5.98. The average molecular weight is 313 g/mol. The molecule has 19 heavy (non-hydrogen) atoms. The van der Waals surface area contributed by atoms with Crippen LogP contribution in [-0.4, -0.2) is 0 Å². The zero-order valence-electron chi connectivity index (χ0n) is 10.3. The molecule has 0 aliphatic rings. The summed E-state index contributed by atoms with van der Waals surface area (Å²) in [5.41, 5.74) is 1.27. The second kappa shape index (κ2) is 5.45. The maximum Gasteiger partial charge on any atom is 0.135 e. The lowest BCUT2D eigenvalue weighted by atomic mass is 10.0. The second-order valence-electron chi connectivity index (χ2n) is 4.32. The standard InChI is InChI=1S/C17H13BrO/c18-12-13-10-11-17(16-9-5-4-8-15(13)16)19-14-6-2-1-3-7-14/h1-11H,12H2. The van der Waals surface area contributed by atoms with Crippen molar-refractivity contribution in [3.63, 3.8) is 0 Å². The number of fused-ring (bicyclic) bond motifs is 1. The minimum absolute atomic E-state index is 0.846. The van der Waals surface area contributed by atoms with Crippen LogP contribution in [0.3, 0.4) is 0 Å². The third kappa shape index (κ3) is 2.49. The lowest BCUT2D eigenvalue weighted by Gasteiger charge is -2.11. The number of hydrogen-bond donors (Lipinski definition) is 0. The van der Waals surface area contributed by atoms with Gasteiger partial charge in [0.05, 0.1) is 0 Å².